The van der Waals surface area contributed by atoms with Crippen LogP contribution < -0.4 is 5.32 Å². The van der Waals surface area contributed by atoms with Crippen molar-refractivity contribution in [1.82, 2.24) is 5.32 Å². The van der Waals surface area contributed by atoms with Crippen molar-refractivity contribution in [2.24, 2.45) is 17.8 Å². The summed E-state index contributed by atoms with van der Waals surface area (Å²) in [6.07, 6.45) is 4.79. The Kier molecular flexibility index (Phi) is 6.07. The average Bonchev–Trinajstić information content (AvgIpc) is 2.46. The third-order valence-electron chi connectivity index (χ3n) is 5.03. The maximum atomic E-state index is 13.8. The summed E-state index contributed by atoms with van der Waals surface area (Å²) in [6, 6.07) is 5.51. The zero-order valence-electron chi connectivity index (χ0n) is 13.3. The lowest BCUT2D eigenvalue weighted by molar-refractivity contribution is 0.171. The molecular formula is C18H27ClFN. The van der Waals surface area contributed by atoms with Crippen molar-refractivity contribution < 1.29 is 4.39 Å². The van der Waals surface area contributed by atoms with Crippen LogP contribution in [0.4, 0.5) is 4.39 Å². The molecule has 1 aromatic carbocycles. The van der Waals surface area contributed by atoms with Crippen LogP contribution in [0.25, 0.3) is 0 Å². The second-order valence-corrected chi connectivity index (χ2v) is 7.04. The monoisotopic (exact) mass is 311 g/mol. The molecule has 4 atom stereocenters. The van der Waals surface area contributed by atoms with Gasteiger partial charge in [-0.15, -0.1) is 0 Å². The third-order valence-corrected chi connectivity index (χ3v) is 5.33. The van der Waals surface area contributed by atoms with Gasteiger partial charge in [-0.3, -0.25) is 0 Å². The molecule has 2 rings (SSSR count). The quantitative estimate of drug-likeness (QED) is 0.747. The fourth-order valence-corrected chi connectivity index (χ4v) is 3.57. The largest absolute Gasteiger partial charge is 0.310 e. The summed E-state index contributed by atoms with van der Waals surface area (Å²) in [7, 11) is 0. The molecule has 0 aromatic heterocycles. The van der Waals surface area contributed by atoms with Crippen LogP contribution in [0.1, 0.15) is 58.1 Å². The molecule has 1 aliphatic carbocycles. The smallest absolute Gasteiger partial charge is 0.142 e. The lowest BCUT2D eigenvalue weighted by Crippen LogP contribution is -2.33. The van der Waals surface area contributed by atoms with E-state index in [1.165, 1.54) is 19.3 Å². The van der Waals surface area contributed by atoms with Crippen molar-refractivity contribution >= 4 is 11.6 Å². The first-order valence-corrected chi connectivity index (χ1v) is 8.59. The van der Waals surface area contributed by atoms with Gasteiger partial charge in [0.2, 0.25) is 0 Å². The summed E-state index contributed by atoms with van der Waals surface area (Å²) in [5, 5.41) is 3.83. The van der Waals surface area contributed by atoms with E-state index in [-0.39, 0.29) is 16.9 Å². The van der Waals surface area contributed by atoms with Gasteiger partial charge in [0.05, 0.1) is 5.02 Å². The molecule has 1 nitrogen and oxygen atoms in total. The first-order chi connectivity index (χ1) is 10.0. The van der Waals surface area contributed by atoms with Gasteiger partial charge in [0.15, 0.2) is 0 Å². The molecule has 0 saturated heterocycles. The van der Waals surface area contributed by atoms with Gasteiger partial charge in [-0.2, -0.15) is 0 Å². The summed E-state index contributed by atoms with van der Waals surface area (Å²) in [5.74, 6) is 1.82. The molecule has 1 fully saturated rings. The molecule has 3 heteroatoms. The first kappa shape index (κ1) is 16.8. The molecule has 21 heavy (non-hydrogen) atoms. The lowest BCUT2D eigenvalue weighted by atomic mass is 9.72. The Morgan fingerprint density at radius 3 is 2.67 bits per heavy atom. The van der Waals surface area contributed by atoms with Gasteiger partial charge in [0.25, 0.3) is 0 Å². The van der Waals surface area contributed by atoms with Gasteiger partial charge in [0.1, 0.15) is 5.82 Å². The van der Waals surface area contributed by atoms with Gasteiger partial charge in [-0.25, -0.2) is 4.39 Å². The molecule has 1 N–H and O–H groups in total. The minimum absolute atomic E-state index is 0.207. The van der Waals surface area contributed by atoms with Gasteiger partial charge in [0, 0.05) is 6.04 Å². The Hall–Kier alpha value is -0.600. The van der Waals surface area contributed by atoms with Crippen LogP contribution in [0.5, 0.6) is 0 Å². The highest BCUT2D eigenvalue weighted by Crippen LogP contribution is 2.40. The van der Waals surface area contributed by atoms with Crippen molar-refractivity contribution in [3.05, 3.63) is 34.6 Å². The molecule has 0 spiro atoms. The standard InChI is InChI=1S/C18H27ClFN/c1-4-9-21-18(14-6-5-12(2)13(3)10-14)15-7-8-16(19)17(20)11-15/h7-8,11-14,18,21H,4-6,9-10H2,1-3H3. The molecule has 0 radical (unpaired) electrons. The van der Waals surface area contributed by atoms with E-state index in [9.17, 15) is 4.39 Å². The summed E-state index contributed by atoms with van der Waals surface area (Å²) in [4.78, 5) is 0. The molecular weight excluding hydrogens is 285 g/mol. The van der Waals surface area contributed by atoms with Gasteiger partial charge in [-0.05, 0) is 61.3 Å². The summed E-state index contributed by atoms with van der Waals surface area (Å²) in [5.41, 5.74) is 1.04. The maximum Gasteiger partial charge on any atom is 0.142 e. The Morgan fingerprint density at radius 1 is 1.29 bits per heavy atom. The molecule has 1 aliphatic rings. The Bertz CT molecular complexity index is 463. The van der Waals surface area contributed by atoms with Crippen molar-refractivity contribution in [2.45, 2.75) is 52.5 Å². The van der Waals surface area contributed by atoms with Crippen LogP contribution in [0.2, 0.25) is 5.02 Å². The SMILES string of the molecule is CCCNC(c1ccc(Cl)c(F)c1)C1CCC(C)C(C)C1. The predicted octanol–water partition coefficient (Wildman–Crippen LogP) is 5.59. The van der Waals surface area contributed by atoms with E-state index >= 15 is 0 Å². The second kappa shape index (κ2) is 7.60. The summed E-state index contributed by atoms with van der Waals surface area (Å²) >= 11 is 5.82. The Morgan fingerprint density at radius 2 is 2.05 bits per heavy atom. The zero-order valence-corrected chi connectivity index (χ0v) is 14.1. The topological polar surface area (TPSA) is 12.0 Å². The number of benzene rings is 1. The number of hydrogen-bond donors (Lipinski definition) is 1. The molecule has 0 heterocycles. The van der Waals surface area contributed by atoms with Gasteiger partial charge >= 0.3 is 0 Å². The van der Waals surface area contributed by atoms with E-state index in [1.54, 1.807) is 12.1 Å². The third kappa shape index (κ3) is 4.20. The van der Waals surface area contributed by atoms with E-state index in [2.05, 4.69) is 26.1 Å². The molecule has 4 unspecified atom stereocenters. The van der Waals surface area contributed by atoms with Crippen molar-refractivity contribution in [1.29, 1.82) is 0 Å². The van der Waals surface area contributed by atoms with Crippen LogP contribution in [0, 0.1) is 23.6 Å². The van der Waals surface area contributed by atoms with E-state index in [4.69, 9.17) is 11.6 Å². The number of nitrogens with one attached hydrogen (secondary N) is 1. The minimum atomic E-state index is -0.310. The fourth-order valence-electron chi connectivity index (χ4n) is 3.45. The van der Waals surface area contributed by atoms with Crippen molar-refractivity contribution in [2.75, 3.05) is 6.54 Å². The normalized spacial score (nSPS) is 27.6. The first-order valence-electron chi connectivity index (χ1n) is 8.21. The molecule has 118 valence electrons. The van der Waals surface area contributed by atoms with Gasteiger partial charge in [-0.1, -0.05) is 44.9 Å². The highest BCUT2D eigenvalue weighted by molar-refractivity contribution is 6.30. The Labute approximate surface area is 133 Å². The molecule has 0 aliphatic heterocycles. The van der Waals surface area contributed by atoms with Crippen molar-refractivity contribution in [3.63, 3.8) is 0 Å². The van der Waals surface area contributed by atoms with E-state index < -0.39 is 0 Å². The highest BCUT2D eigenvalue weighted by Gasteiger charge is 2.31. The van der Waals surface area contributed by atoms with Crippen molar-refractivity contribution in [3.8, 4) is 0 Å². The summed E-state index contributed by atoms with van der Waals surface area (Å²) in [6.45, 7) is 7.82. The Balaban J connectivity index is 2.19. The molecule has 0 bridgehead atoms. The average molecular weight is 312 g/mol. The number of hydrogen-bond acceptors (Lipinski definition) is 1. The van der Waals surface area contributed by atoms with Crippen LogP contribution >= 0.6 is 11.6 Å². The second-order valence-electron chi connectivity index (χ2n) is 6.63. The molecule has 1 saturated carbocycles. The number of halogens is 2. The lowest BCUT2D eigenvalue weighted by Gasteiger charge is -2.37. The highest BCUT2D eigenvalue weighted by atomic mass is 35.5. The molecule has 0 amide bonds. The number of rotatable bonds is 5. The van der Waals surface area contributed by atoms with Crippen LogP contribution in [0.15, 0.2) is 18.2 Å². The predicted molar refractivity (Wildman–Crippen MR) is 88.1 cm³/mol. The van der Waals surface area contributed by atoms with Crippen LogP contribution in [-0.4, -0.2) is 6.54 Å². The molecule has 1 aromatic rings. The minimum Gasteiger partial charge on any atom is -0.310 e. The van der Waals surface area contributed by atoms with E-state index in [0.717, 1.165) is 30.4 Å². The maximum absolute atomic E-state index is 13.8. The van der Waals surface area contributed by atoms with Crippen LogP contribution in [0.3, 0.4) is 0 Å². The summed E-state index contributed by atoms with van der Waals surface area (Å²) < 4.78 is 13.8. The van der Waals surface area contributed by atoms with E-state index in [0.29, 0.717) is 5.92 Å². The zero-order chi connectivity index (χ0) is 15.4. The van der Waals surface area contributed by atoms with Gasteiger partial charge < -0.3 is 5.32 Å². The van der Waals surface area contributed by atoms with Crippen LogP contribution in [-0.2, 0) is 0 Å². The fraction of sp³-hybridized carbons (Fsp3) is 0.667. The van der Waals surface area contributed by atoms with E-state index in [1.807, 2.05) is 6.07 Å².